The van der Waals surface area contributed by atoms with Crippen molar-refractivity contribution in [2.24, 2.45) is 12.5 Å². The number of carboxylic acids is 1. The van der Waals surface area contributed by atoms with Crippen LogP contribution in [-0.2, 0) is 16.6 Å². The average Bonchev–Trinajstić information content (AvgIpc) is 2.79. The first-order valence-electron chi connectivity index (χ1n) is 7.05. The Hall–Kier alpha value is -1.82. The molecule has 1 aliphatic rings. The van der Waals surface area contributed by atoms with Crippen LogP contribution < -0.4 is 0 Å². The number of likely N-dealkylation sites (tertiary alicyclic amines) is 1. The first kappa shape index (κ1) is 15.6. The van der Waals surface area contributed by atoms with Crippen molar-refractivity contribution in [3.05, 3.63) is 23.5 Å². The molecule has 21 heavy (non-hydrogen) atoms. The van der Waals surface area contributed by atoms with E-state index in [0.29, 0.717) is 25.1 Å². The molecule has 1 amide bonds. The molecule has 0 spiro atoms. The lowest BCUT2D eigenvalue weighted by Gasteiger charge is -2.39. The van der Waals surface area contributed by atoms with Crippen LogP contribution in [0.15, 0.2) is 12.1 Å². The minimum Gasteiger partial charge on any atom is -0.481 e. The first-order chi connectivity index (χ1) is 9.91. The number of nitrogens with zero attached hydrogens (tertiary/aromatic N) is 2. The van der Waals surface area contributed by atoms with E-state index in [1.807, 2.05) is 24.6 Å². The van der Waals surface area contributed by atoms with Crippen molar-refractivity contribution in [1.29, 1.82) is 0 Å². The number of ether oxygens (including phenoxy) is 1. The molecule has 6 heteroatoms. The number of carbonyl (C=O) groups excluding carboxylic acids is 1. The molecule has 6 nitrogen and oxygen atoms in total. The van der Waals surface area contributed by atoms with E-state index < -0.39 is 11.4 Å². The maximum Gasteiger partial charge on any atom is 0.313 e. The van der Waals surface area contributed by atoms with Gasteiger partial charge in [-0.2, -0.15) is 0 Å². The number of aliphatic carboxylic acids is 1. The third kappa shape index (κ3) is 2.81. The Morgan fingerprint density at radius 3 is 2.67 bits per heavy atom. The Morgan fingerprint density at radius 2 is 2.14 bits per heavy atom. The van der Waals surface area contributed by atoms with E-state index in [4.69, 9.17) is 4.74 Å². The third-order valence-corrected chi connectivity index (χ3v) is 4.33. The van der Waals surface area contributed by atoms with Crippen LogP contribution in [0.25, 0.3) is 0 Å². The summed E-state index contributed by atoms with van der Waals surface area (Å²) in [5, 5.41) is 9.53. The summed E-state index contributed by atoms with van der Waals surface area (Å²) in [5.41, 5.74) is 0.589. The van der Waals surface area contributed by atoms with E-state index in [0.717, 1.165) is 5.69 Å². The fourth-order valence-corrected chi connectivity index (χ4v) is 2.93. The summed E-state index contributed by atoms with van der Waals surface area (Å²) in [6.45, 7) is 2.83. The number of carbonyl (C=O) groups is 2. The number of hydrogen-bond acceptors (Lipinski definition) is 3. The van der Waals surface area contributed by atoms with Crippen molar-refractivity contribution >= 4 is 11.9 Å². The normalized spacial score (nSPS) is 22.3. The second-order valence-corrected chi connectivity index (χ2v) is 5.77. The number of aryl methyl sites for hydroxylation is 1. The van der Waals surface area contributed by atoms with E-state index in [2.05, 4.69) is 0 Å². The number of hydrogen-bond donors (Lipinski definition) is 1. The summed E-state index contributed by atoms with van der Waals surface area (Å²) in [4.78, 5) is 25.9. The summed E-state index contributed by atoms with van der Waals surface area (Å²) >= 11 is 0. The molecule has 0 aromatic carbocycles. The highest BCUT2D eigenvalue weighted by atomic mass is 16.5. The minimum atomic E-state index is -0.997. The number of methoxy groups -OCH3 is 1. The van der Waals surface area contributed by atoms with Gasteiger partial charge in [0.2, 0.25) is 0 Å². The van der Waals surface area contributed by atoms with Gasteiger partial charge in [-0.3, -0.25) is 9.59 Å². The average molecular weight is 294 g/mol. The fourth-order valence-electron chi connectivity index (χ4n) is 2.93. The number of amides is 1. The number of carboxylic acid groups (broad SMARTS) is 1. The molecular formula is C15H22N2O4. The molecule has 0 radical (unpaired) electrons. The minimum absolute atomic E-state index is 0.118. The van der Waals surface area contributed by atoms with Gasteiger partial charge in [-0.15, -0.1) is 0 Å². The number of piperidine rings is 1. The van der Waals surface area contributed by atoms with Gasteiger partial charge in [0, 0.05) is 32.9 Å². The molecule has 2 rings (SSSR count). The van der Waals surface area contributed by atoms with Crippen molar-refractivity contribution in [3.8, 4) is 0 Å². The van der Waals surface area contributed by atoms with Gasteiger partial charge in [0.15, 0.2) is 0 Å². The summed E-state index contributed by atoms with van der Waals surface area (Å²) < 4.78 is 6.91. The lowest BCUT2D eigenvalue weighted by molar-refractivity contribution is -0.155. The second kappa shape index (κ2) is 5.89. The molecule has 0 saturated carbocycles. The molecule has 1 unspecified atom stereocenters. The summed E-state index contributed by atoms with van der Waals surface area (Å²) in [6, 6.07) is 3.67. The van der Waals surface area contributed by atoms with Crippen molar-refractivity contribution in [3.63, 3.8) is 0 Å². The molecule has 1 atom stereocenters. The van der Waals surface area contributed by atoms with Gasteiger partial charge in [-0.05, 0) is 31.9 Å². The topological polar surface area (TPSA) is 71.8 Å². The molecule has 0 aliphatic carbocycles. The molecule has 0 bridgehead atoms. The summed E-state index contributed by atoms with van der Waals surface area (Å²) in [6.07, 6.45) is 1.21. The maximum absolute atomic E-state index is 12.6. The van der Waals surface area contributed by atoms with Gasteiger partial charge in [0.25, 0.3) is 5.91 Å². The van der Waals surface area contributed by atoms with Gasteiger partial charge in [-0.1, -0.05) is 0 Å². The van der Waals surface area contributed by atoms with Gasteiger partial charge >= 0.3 is 5.97 Å². The van der Waals surface area contributed by atoms with Crippen LogP contribution in [0.5, 0.6) is 0 Å². The lowest BCUT2D eigenvalue weighted by Crippen LogP contribution is -2.52. The van der Waals surface area contributed by atoms with E-state index in [1.54, 1.807) is 11.0 Å². The molecule has 1 aliphatic heterocycles. The van der Waals surface area contributed by atoms with Gasteiger partial charge in [0.05, 0.1) is 6.61 Å². The zero-order valence-corrected chi connectivity index (χ0v) is 12.8. The quantitative estimate of drug-likeness (QED) is 0.908. The van der Waals surface area contributed by atoms with Gasteiger partial charge in [-0.25, -0.2) is 0 Å². The third-order valence-electron chi connectivity index (χ3n) is 4.33. The van der Waals surface area contributed by atoms with Crippen LogP contribution in [0.2, 0.25) is 0 Å². The van der Waals surface area contributed by atoms with Crippen molar-refractivity contribution in [2.45, 2.75) is 19.8 Å². The van der Waals surface area contributed by atoms with Crippen LogP contribution in [0, 0.1) is 12.3 Å². The van der Waals surface area contributed by atoms with Gasteiger partial charge in [0.1, 0.15) is 11.1 Å². The molecule has 2 heterocycles. The van der Waals surface area contributed by atoms with Crippen LogP contribution >= 0.6 is 0 Å². The van der Waals surface area contributed by atoms with Crippen LogP contribution in [0.1, 0.15) is 29.0 Å². The molecule has 1 aromatic rings. The Balaban J connectivity index is 2.22. The monoisotopic (exact) mass is 294 g/mol. The summed E-state index contributed by atoms with van der Waals surface area (Å²) in [5.74, 6) is -1.02. The standard InChI is InChI=1S/C15H22N2O4/c1-11-5-6-12(16(11)2)13(18)17-8-4-7-15(9-17,10-21-3)14(19)20/h5-6H,4,7-10H2,1-3H3,(H,19,20). The highest BCUT2D eigenvalue weighted by molar-refractivity contribution is 5.93. The zero-order chi connectivity index (χ0) is 15.6. The van der Waals surface area contributed by atoms with Crippen molar-refractivity contribution in [2.75, 3.05) is 26.8 Å². The smallest absolute Gasteiger partial charge is 0.313 e. The van der Waals surface area contributed by atoms with E-state index in [1.165, 1.54) is 7.11 Å². The highest BCUT2D eigenvalue weighted by Crippen LogP contribution is 2.31. The predicted molar refractivity (Wildman–Crippen MR) is 77.2 cm³/mol. The Bertz CT molecular complexity index is 548. The molecular weight excluding hydrogens is 272 g/mol. The van der Waals surface area contributed by atoms with Crippen LogP contribution in [0.3, 0.4) is 0 Å². The number of aromatic nitrogens is 1. The zero-order valence-electron chi connectivity index (χ0n) is 12.8. The van der Waals surface area contributed by atoms with Gasteiger partial charge < -0.3 is 19.3 Å². The Labute approximate surface area is 124 Å². The molecule has 1 saturated heterocycles. The van der Waals surface area contributed by atoms with Crippen molar-refractivity contribution < 1.29 is 19.4 Å². The molecule has 1 fully saturated rings. The first-order valence-corrected chi connectivity index (χ1v) is 7.05. The Kier molecular flexibility index (Phi) is 4.37. The van der Waals surface area contributed by atoms with E-state index in [9.17, 15) is 14.7 Å². The maximum atomic E-state index is 12.6. The SMILES string of the molecule is COCC1(C(=O)O)CCCN(C(=O)c2ccc(C)n2C)C1. The highest BCUT2D eigenvalue weighted by Gasteiger charge is 2.44. The molecule has 1 N–H and O–H groups in total. The second-order valence-electron chi connectivity index (χ2n) is 5.77. The lowest BCUT2D eigenvalue weighted by atomic mass is 9.80. The largest absolute Gasteiger partial charge is 0.481 e. The fraction of sp³-hybridized carbons (Fsp3) is 0.600. The van der Waals surface area contributed by atoms with Crippen molar-refractivity contribution in [1.82, 2.24) is 9.47 Å². The molecule has 116 valence electrons. The van der Waals surface area contributed by atoms with Crippen LogP contribution in [0.4, 0.5) is 0 Å². The van der Waals surface area contributed by atoms with Crippen LogP contribution in [-0.4, -0.2) is 53.3 Å². The summed E-state index contributed by atoms with van der Waals surface area (Å²) in [7, 11) is 3.33. The predicted octanol–water partition coefficient (Wildman–Crippen LogP) is 1.29. The molecule has 1 aromatic heterocycles. The number of rotatable bonds is 4. The Morgan fingerprint density at radius 1 is 1.43 bits per heavy atom. The van der Waals surface area contributed by atoms with E-state index >= 15 is 0 Å². The van der Waals surface area contributed by atoms with E-state index in [-0.39, 0.29) is 19.1 Å².